The van der Waals surface area contributed by atoms with Crippen LogP contribution < -0.4 is 34.8 Å². The Morgan fingerprint density at radius 3 is 2.38 bits per heavy atom. The van der Waals surface area contributed by atoms with Gasteiger partial charge in [0.05, 0.1) is 5.82 Å². The van der Waals surface area contributed by atoms with Crippen molar-refractivity contribution in [3.05, 3.63) is 29.8 Å². The average Bonchev–Trinajstić information content (AvgIpc) is 2.58. The van der Waals surface area contributed by atoms with Crippen molar-refractivity contribution in [3.8, 4) is 11.4 Å². The minimum Gasteiger partial charge on any atom is -0.331 e. The molecule has 0 atom stereocenters. The van der Waals surface area contributed by atoms with Gasteiger partial charge in [0.15, 0.2) is 0 Å². The van der Waals surface area contributed by atoms with Crippen molar-refractivity contribution < 1.29 is 29.6 Å². The van der Waals surface area contributed by atoms with E-state index in [1.165, 1.54) is 5.56 Å². The summed E-state index contributed by atoms with van der Waals surface area (Å²) in [6.07, 6.45) is 0. The summed E-state index contributed by atoms with van der Waals surface area (Å²) in [6.45, 7) is 2.03. The Hall–Kier alpha value is -0.710. The van der Waals surface area contributed by atoms with Crippen molar-refractivity contribution in [1.29, 1.82) is 0 Å². The summed E-state index contributed by atoms with van der Waals surface area (Å²) in [7, 11) is 0. The van der Waals surface area contributed by atoms with E-state index in [0.717, 1.165) is 5.56 Å². The van der Waals surface area contributed by atoms with E-state index >= 15 is 0 Å². The predicted octanol–water partition coefficient (Wildman–Crippen LogP) is -2.19. The zero-order valence-corrected chi connectivity index (χ0v) is 9.60. The molecule has 2 rings (SSSR count). The fourth-order valence-electron chi connectivity index (χ4n) is 0.963. The van der Waals surface area contributed by atoms with E-state index in [4.69, 9.17) is 0 Å². The molecule has 60 valence electrons. The number of aryl methyl sites for hydroxylation is 1. The SMILES string of the molecule is Cc1ccc(-c2nn[n-]n2)cc1.[Na+]. The Kier molecular flexibility index (Phi) is 3.59. The van der Waals surface area contributed by atoms with Crippen molar-refractivity contribution in [1.82, 2.24) is 20.6 Å². The van der Waals surface area contributed by atoms with E-state index in [0.29, 0.717) is 5.82 Å². The summed E-state index contributed by atoms with van der Waals surface area (Å²) in [5, 5.41) is 14.3. The van der Waals surface area contributed by atoms with Crippen LogP contribution in [-0.4, -0.2) is 15.4 Å². The molecule has 2 aromatic rings. The predicted molar refractivity (Wildman–Crippen MR) is 43.3 cm³/mol. The molecule has 1 aromatic heterocycles. The van der Waals surface area contributed by atoms with Gasteiger partial charge in [-0.25, -0.2) is 5.10 Å². The van der Waals surface area contributed by atoms with Crippen LogP contribution in [0.5, 0.6) is 0 Å². The first-order valence-electron chi connectivity index (χ1n) is 3.62. The maximum absolute atomic E-state index is 3.74. The molecule has 0 aliphatic heterocycles. The molecule has 1 aromatic carbocycles. The van der Waals surface area contributed by atoms with Crippen LogP contribution >= 0.6 is 0 Å². The Morgan fingerprint density at radius 1 is 1.15 bits per heavy atom. The second-order valence-corrected chi connectivity index (χ2v) is 2.57. The Labute approximate surface area is 98.0 Å². The Balaban J connectivity index is 0.000000845. The van der Waals surface area contributed by atoms with Crippen LogP contribution in [0.4, 0.5) is 0 Å². The van der Waals surface area contributed by atoms with Crippen LogP contribution in [0.15, 0.2) is 24.3 Å². The Morgan fingerprint density at radius 2 is 1.85 bits per heavy atom. The van der Waals surface area contributed by atoms with E-state index in [1.807, 2.05) is 31.2 Å². The zero-order chi connectivity index (χ0) is 8.39. The van der Waals surface area contributed by atoms with Gasteiger partial charge in [-0.2, -0.15) is 0 Å². The molecular weight excluding hydrogens is 175 g/mol. The van der Waals surface area contributed by atoms with Crippen LogP contribution in [-0.2, 0) is 0 Å². The molecule has 0 radical (unpaired) electrons. The first-order chi connectivity index (χ1) is 5.86. The summed E-state index contributed by atoms with van der Waals surface area (Å²) in [4.78, 5) is 0. The number of rotatable bonds is 1. The van der Waals surface area contributed by atoms with Crippen molar-refractivity contribution >= 4 is 0 Å². The molecule has 0 fully saturated rings. The fraction of sp³-hybridized carbons (Fsp3) is 0.125. The molecule has 0 aliphatic rings. The van der Waals surface area contributed by atoms with E-state index in [2.05, 4.69) is 20.6 Å². The number of nitrogens with zero attached hydrogens (tertiary/aromatic N) is 4. The summed E-state index contributed by atoms with van der Waals surface area (Å²) >= 11 is 0. The average molecular weight is 182 g/mol. The third-order valence-corrected chi connectivity index (χ3v) is 1.63. The van der Waals surface area contributed by atoms with Gasteiger partial charge in [-0.15, -0.1) is 0 Å². The van der Waals surface area contributed by atoms with Crippen molar-refractivity contribution in [2.24, 2.45) is 0 Å². The largest absolute Gasteiger partial charge is 1.00 e. The minimum absolute atomic E-state index is 0. The van der Waals surface area contributed by atoms with E-state index in [-0.39, 0.29) is 29.6 Å². The smallest absolute Gasteiger partial charge is 0.331 e. The molecule has 1 heterocycles. The minimum atomic E-state index is 0. The molecule has 0 aliphatic carbocycles. The number of aromatic nitrogens is 4. The van der Waals surface area contributed by atoms with Gasteiger partial charge >= 0.3 is 29.6 Å². The molecule has 0 unspecified atom stereocenters. The molecular formula is C8H7N4Na. The van der Waals surface area contributed by atoms with Gasteiger partial charge in [0.2, 0.25) is 0 Å². The fourth-order valence-corrected chi connectivity index (χ4v) is 0.963. The van der Waals surface area contributed by atoms with Crippen LogP contribution in [0, 0.1) is 6.92 Å². The first-order valence-corrected chi connectivity index (χ1v) is 3.62. The topological polar surface area (TPSA) is 52.8 Å². The Bertz CT molecular complexity index is 354. The zero-order valence-electron chi connectivity index (χ0n) is 7.60. The van der Waals surface area contributed by atoms with Crippen LogP contribution in [0.25, 0.3) is 11.4 Å². The standard InChI is InChI=1S/C8H7N4.Na/c1-6-2-4-7(5-3-6)8-9-11-12-10-8;/h2-5H,1H3;/q-1;+1. The summed E-state index contributed by atoms with van der Waals surface area (Å²) in [5.41, 5.74) is 2.16. The van der Waals surface area contributed by atoms with Crippen molar-refractivity contribution in [2.45, 2.75) is 6.92 Å². The quantitative estimate of drug-likeness (QED) is 0.470. The molecule has 0 bridgehead atoms. The number of hydrogen-bond donors (Lipinski definition) is 0. The van der Waals surface area contributed by atoms with Gasteiger partial charge in [0.1, 0.15) is 0 Å². The van der Waals surface area contributed by atoms with Crippen LogP contribution in [0.2, 0.25) is 0 Å². The summed E-state index contributed by atoms with van der Waals surface area (Å²) < 4.78 is 0. The maximum Gasteiger partial charge on any atom is 1.00 e. The van der Waals surface area contributed by atoms with Crippen LogP contribution in [0.1, 0.15) is 5.56 Å². The third kappa shape index (κ3) is 2.37. The molecule has 0 saturated carbocycles. The maximum atomic E-state index is 3.74. The number of benzene rings is 1. The molecule has 4 nitrogen and oxygen atoms in total. The van der Waals surface area contributed by atoms with Gasteiger partial charge in [-0.1, -0.05) is 29.8 Å². The van der Waals surface area contributed by atoms with E-state index < -0.39 is 0 Å². The van der Waals surface area contributed by atoms with Gasteiger partial charge < -0.3 is 5.10 Å². The van der Waals surface area contributed by atoms with Gasteiger partial charge in [0.25, 0.3) is 0 Å². The van der Waals surface area contributed by atoms with E-state index in [9.17, 15) is 0 Å². The second kappa shape index (κ2) is 4.50. The molecule has 0 spiro atoms. The molecule has 5 heteroatoms. The monoisotopic (exact) mass is 182 g/mol. The van der Waals surface area contributed by atoms with Crippen molar-refractivity contribution in [2.75, 3.05) is 0 Å². The number of tetrazole rings is 1. The molecule has 0 amide bonds. The van der Waals surface area contributed by atoms with Crippen molar-refractivity contribution in [3.63, 3.8) is 0 Å². The van der Waals surface area contributed by atoms with Gasteiger partial charge in [-0.05, 0) is 12.5 Å². The molecule has 0 saturated heterocycles. The first kappa shape index (κ1) is 10.4. The summed E-state index contributed by atoms with van der Waals surface area (Å²) in [6, 6.07) is 7.92. The summed E-state index contributed by atoms with van der Waals surface area (Å²) in [5.74, 6) is 0.579. The second-order valence-electron chi connectivity index (χ2n) is 2.57. The molecule has 0 N–H and O–H groups in total. The normalized spacial score (nSPS) is 9.31. The van der Waals surface area contributed by atoms with Gasteiger partial charge in [0, 0.05) is 0 Å². The molecule has 13 heavy (non-hydrogen) atoms. The van der Waals surface area contributed by atoms with Crippen LogP contribution in [0.3, 0.4) is 0 Å². The number of hydrogen-bond acceptors (Lipinski definition) is 3. The van der Waals surface area contributed by atoms with Gasteiger partial charge in [-0.3, -0.25) is 10.4 Å². The van der Waals surface area contributed by atoms with E-state index in [1.54, 1.807) is 0 Å². The third-order valence-electron chi connectivity index (χ3n) is 1.63.